The van der Waals surface area contributed by atoms with Gasteiger partial charge >= 0.3 is 6.09 Å². The zero-order chi connectivity index (χ0) is 51.0. The number of rotatable bonds is 29. The molecule has 1 amide bonds. The first-order valence-corrected chi connectivity index (χ1v) is 27.5. The summed E-state index contributed by atoms with van der Waals surface area (Å²) in [4.78, 5) is 12.8. The molecular formula is C61H89NO10. The molecular weight excluding hydrogens is 907 g/mol. The summed E-state index contributed by atoms with van der Waals surface area (Å²) in [5.41, 5.74) is 3.96. The van der Waals surface area contributed by atoms with Crippen LogP contribution < -0.4 is 14.8 Å². The van der Waals surface area contributed by atoms with Crippen LogP contribution in [-0.2, 0) is 34.0 Å². The molecule has 72 heavy (non-hydrogen) atoms. The molecule has 2 N–H and O–H groups in total. The van der Waals surface area contributed by atoms with Crippen molar-refractivity contribution in [3.8, 4) is 11.5 Å². The molecule has 1 unspecified atom stereocenters. The number of ether oxygens (including phenoxy) is 8. The first-order chi connectivity index (χ1) is 34.9. The van der Waals surface area contributed by atoms with Crippen LogP contribution in [0.3, 0.4) is 0 Å². The average molecular weight is 996 g/mol. The van der Waals surface area contributed by atoms with Gasteiger partial charge in [0.15, 0.2) is 0 Å². The molecule has 3 aromatic carbocycles. The fourth-order valence-electron chi connectivity index (χ4n) is 13.5. The van der Waals surface area contributed by atoms with Gasteiger partial charge in [-0.05, 0) is 139 Å². The Balaban J connectivity index is 0.717. The highest BCUT2D eigenvalue weighted by molar-refractivity contribution is 5.67. The molecule has 0 radical (unpaired) electrons. The summed E-state index contributed by atoms with van der Waals surface area (Å²) in [6, 6.07) is 25.6. The number of fused-ring (bicyclic) bond motifs is 5. The Hall–Kier alpha value is -3.97. The van der Waals surface area contributed by atoms with E-state index in [1.54, 1.807) is 19.8 Å². The molecule has 0 aliphatic heterocycles. The van der Waals surface area contributed by atoms with Crippen LogP contribution >= 0.6 is 0 Å². The smallest absolute Gasteiger partial charge is 0.407 e. The molecule has 4 aliphatic rings. The Bertz CT molecular complexity index is 2050. The topological polar surface area (TPSA) is 123 Å². The molecule has 398 valence electrons. The maximum Gasteiger partial charge on any atom is 0.407 e. The number of alkyl carbamates (subject to hydrolysis) is 1. The normalized spacial score (nSPS) is 25.7. The molecule has 0 spiro atoms. The Labute approximate surface area is 432 Å². The van der Waals surface area contributed by atoms with Crippen LogP contribution in [0, 0.1) is 46.3 Å². The van der Waals surface area contributed by atoms with E-state index >= 15 is 0 Å². The van der Waals surface area contributed by atoms with Crippen molar-refractivity contribution in [2.24, 2.45) is 46.3 Å². The predicted octanol–water partition coefficient (Wildman–Crippen LogP) is 12.0. The lowest BCUT2D eigenvalue weighted by Gasteiger charge is -2.58. The van der Waals surface area contributed by atoms with E-state index in [-0.39, 0.29) is 30.8 Å². The first-order valence-electron chi connectivity index (χ1n) is 27.5. The first kappa shape index (κ1) is 55.8. The summed E-state index contributed by atoms with van der Waals surface area (Å²) < 4.78 is 46.5. The van der Waals surface area contributed by atoms with Gasteiger partial charge in [-0.25, -0.2) is 4.79 Å². The molecule has 3 fully saturated rings. The summed E-state index contributed by atoms with van der Waals surface area (Å²) in [6.45, 7) is 16.1. The van der Waals surface area contributed by atoms with Crippen molar-refractivity contribution in [3.63, 3.8) is 0 Å². The van der Waals surface area contributed by atoms with Crippen molar-refractivity contribution in [3.05, 3.63) is 107 Å². The quantitative estimate of drug-likeness (QED) is 0.0395. The number of carbonyl (C=O) groups is 1. The van der Waals surface area contributed by atoms with Crippen molar-refractivity contribution in [1.82, 2.24) is 5.32 Å². The number of carbonyl (C=O) groups excluding carboxylic acids is 1. The molecule has 9 atom stereocenters. The highest BCUT2D eigenvalue weighted by Crippen LogP contribution is 2.67. The number of aliphatic hydroxyl groups is 1. The number of aliphatic hydroxyl groups excluding tert-OH is 1. The third-order valence-electron chi connectivity index (χ3n) is 17.4. The lowest BCUT2D eigenvalue weighted by molar-refractivity contribution is -0.0703. The van der Waals surface area contributed by atoms with Gasteiger partial charge in [0.05, 0.1) is 67.1 Å². The van der Waals surface area contributed by atoms with E-state index in [1.807, 2.05) is 78.9 Å². The van der Waals surface area contributed by atoms with E-state index < -0.39 is 11.7 Å². The Morgan fingerprint density at radius 1 is 0.694 bits per heavy atom. The van der Waals surface area contributed by atoms with Gasteiger partial charge in [-0.15, -0.1) is 0 Å². The van der Waals surface area contributed by atoms with E-state index in [0.717, 1.165) is 83.0 Å². The SMILES string of the molecule is COc1ccc(C(OCC(O)COCCOCCOCCOCCCNC(=O)O[C@H]2CC[C@@]3(C)C(=CC[C@H]4[C@@H]5CC[C@H]([C@H](C)CCCC(C)C)[C@@]5(C)CC[C@@H]43)C2)(c2ccccc2)c2ccc(OC)cc2)cc1. The maximum absolute atomic E-state index is 12.8. The largest absolute Gasteiger partial charge is 0.497 e. The minimum atomic E-state index is -1.03. The summed E-state index contributed by atoms with van der Waals surface area (Å²) in [5, 5.41) is 14.0. The highest BCUT2D eigenvalue weighted by atomic mass is 16.6. The van der Waals surface area contributed by atoms with Crippen molar-refractivity contribution in [2.45, 2.75) is 129 Å². The van der Waals surface area contributed by atoms with Crippen LogP contribution in [0.4, 0.5) is 4.79 Å². The summed E-state index contributed by atoms with van der Waals surface area (Å²) in [7, 11) is 3.28. The Kier molecular flexibility index (Phi) is 20.9. The van der Waals surface area contributed by atoms with Crippen LogP contribution in [-0.4, -0.2) is 104 Å². The summed E-state index contributed by atoms with van der Waals surface area (Å²) >= 11 is 0. The molecule has 4 aliphatic carbocycles. The fraction of sp³-hybridized carbons (Fsp3) is 0.656. The van der Waals surface area contributed by atoms with Gasteiger partial charge < -0.3 is 48.3 Å². The van der Waals surface area contributed by atoms with E-state index in [9.17, 15) is 9.90 Å². The molecule has 0 saturated heterocycles. The van der Waals surface area contributed by atoms with Crippen LogP contribution in [0.15, 0.2) is 90.5 Å². The second-order valence-corrected chi connectivity index (χ2v) is 22.2. The van der Waals surface area contributed by atoms with Crippen molar-refractivity contribution in [1.29, 1.82) is 0 Å². The molecule has 3 aromatic rings. The Morgan fingerprint density at radius 2 is 1.31 bits per heavy atom. The second kappa shape index (κ2) is 27.0. The lowest BCUT2D eigenvalue weighted by Crippen LogP contribution is -2.51. The van der Waals surface area contributed by atoms with Crippen LogP contribution in [0.25, 0.3) is 0 Å². The molecule has 0 bridgehead atoms. The molecule has 11 heteroatoms. The van der Waals surface area contributed by atoms with Crippen molar-refractivity contribution < 1.29 is 47.8 Å². The van der Waals surface area contributed by atoms with Gasteiger partial charge in [0.2, 0.25) is 0 Å². The molecule has 11 nitrogen and oxygen atoms in total. The van der Waals surface area contributed by atoms with Gasteiger partial charge in [-0.3, -0.25) is 0 Å². The van der Waals surface area contributed by atoms with Gasteiger partial charge in [0.25, 0.3) is 0 Å². The number of hydrogen-bond donors (Lipinski definition) is 2. The third kappa shape index (κ3) is 13.8. The second-order valence-electron chi connectivity index (χ2n) is 22.2. The number of nitrogens with one attached hydrogen (secondary N) is 1. The van der Waals surface area contributed by atoms with E-state index in [1.165, 1.54) is 51.4 Å². The predicted molar refractivity (Wildman–Crippen MR) is 283 cm³/mol. The molecule has 7 rings (SSSR count). The standard InChI is InChI=1S/C61H89NO10/c1-44(2)13-11-14-45(3)55-27-28-56-54-26-21-49-41-53(29-31-59(49,4)57(54)30-32-60(55,56)5)72-58(64)62-33-12-34-67-35-36-68-37-38-69-39-40-70-42-50(63)43-71-61(46-15-9-8-10-16-46,47-17-22-51(65-6)23-18-47)48-19-24-52(66-7)25-20-48/h8-10,15-25,44-45,50,53-57,63H,11-14,26-43H2,1-7H3,(H,62,64)/t45-,50?,53+,54+,55-,56+,57+,59+,60-/m1/s1. The third-order valence-corrected chi connectivity index (χ3v) is 17.4. The summed E-state index contributed by atoms with van der Waals surface area (Å²) in [6.07, 6.45) is 15.9. The molecule has 0 heterocycles. The van der Waals surface area contributed by atoms with Crippen LogP contribution in [0.2, 0.25) is 0 Å². The fourth-order valence-corrected chi connectivity index (χ4v) is 13.5. The van der Waals surface area contributed by atoms with E-state index in [0.29, 0.717) is 64.6 Å². The Morgan fingerprint density at radius 3 is 1.93 bits per heavy atom. The molecule has 0 aromatic heterocycles. The average Bonchev–Trinajstić information content (AvgIpc) is 3.75. The van der Waals surface area contributed by atoms with Crippen LogP contribution in [0.1, 0.15) is 128 Å². The van der Waals surface area contributed by atoms with Gasteiger partial charge in [-0.1, -0.05) is 120 Å². The van der Waals surface area contributed by atoms with Gasteiger partial charge in [-0.2, -0.15) is 0 Å². The number of benzene rings is 3. The minimum Gasteiger partial charge on any atom is -0.497 e. The van der Waals surface area contributed by atoms with Gasteiger partial charge in [0, 0.05) is 19.6 Å². The zero-order valence-electron chi connectivity index (χ0n) is 44.9. The van der Waals surface area contributed by atoms with E-state index in [4.69, 9.17) is 37.9 Å². The van der Waals surface area contributed by atoms with Crippen LogP contribution in [0.5, 0.6) is 11.5 Å². The van der Waals surface area contributed by atoms with E-state index in [2.05, 4.69) is 46.0 Å². The number of hydrogen-bond acceptors (Lipinski definition) is 10. The summed E-state index contributed by atoms with van der Waals surface area (Å²) in [5.74, 6) is 6.41. The maximum atomic E-state index is 12.8. The zero-order valence-corrected chi connectivity index (χ0v) is 44.9. The van der Waals surface area contributed by atoms with Crippen molar-refractivity contribution in [2.75, 3.05) is 80.2 Å². The minimum absolute atomic E-state index is 0.0190. The number of amides is 1. The highest BCUT2D eigenvalue weighted by Gasteiger charge is 2.59. The lowest BCUT2D eigenvalue weighted by atomic mass is 9.47. The monoisotopic (exact) mass is 996 g/mol. The van der Waals surface area contributed by atoms with Gasteiger partial charge in [0.1, 0.15) is 29.3 Å². The van der Waals surface area contributed by atoms with Crippen molar-refractivity contribution >= 4 is 6.09 Å². The number of methoxy groups -OCH3 is 2. The molecule has 3 saturated carbocycles. The number of allylic oxidation sites excluding steroid dienone is 1.